The third-order valence-electron chi connectivity index (χ3n) is 5.39. The maximum absolute atomic E-state index is 14.6. The number of carbonyl (C=O) groups excluding carboxylic acids is 1. The van der Waals surface area contributed by atoms with Crippen molar-refractivity contribution in [2.45, 2.75) is 71.2 Å². The monoisotopic (exact) mass is 409 g/mol. The lowest BCUT2D eigenvalue weighted by atomic mass is 9.91. The molecule has 9 heteroatoms. The largest absolute Gasteiger partial charge is 0.447 e. The molecule has 2 fully saturated rings. The fourth-order valence-corrected chi connectivity index (χ4v) is 3.92. The smallest absolute Gasteiger partial charge is 0.416 e. The molecule has 2 saturated heterocycles. The van der Waals surface area contributed by atoms with Gasteiger partial charge in [0, 0.05) is 6.04 Å². The van der Waals surface area contributed by atoms with Gasteiger partial charge in [-0.2, -0.15) is 4.98 Å². The molecule has 0 radical (unpaired) electrons. The Kier molecular flexibility index (Phi) is 6.58. The number of halogens is 1. The maximum Gasteiger partial charge on any atom is 0.416 e. The van der Waals surface area contributed by atoms with Crippen LogP contribution in [0.4, 0.5) is 21.0 Å². The number of cyclic esters (lactones) is 1. The number of aromatic nitrogens is 2. The summed E-state index contributed by atoms with van der Waals surface area (Å²) in [5.41, 5.74) is -0.405. The summed E-state index contributed by atoms with van der Waals surface area (Å²) in [5, 5.41) is 6.62. The Morgan fingerprint density at radius 2 is 2.03 bits per heavy atom. The molecular formula is C20H32FN5O3. The average molecular weight is 410 g/mol. The normalized spacial score (nSPS) is 23.0. The number of carbonyl (C=O) groups is 1. The molecule has 1 aromatic rings. The second-order valence-corrected chi connectivity index (χ2v) is 8.84. The zero-order chi connectivity index (χ0) is 21.2. The second kappa shape index (κ2) is 8.79. The van der Waals surface area contributed by atoms with Crippen molar-refractivity contribution in [2.24, 2.45) is 5.92 Å². The van der Waals surface area contributed by atoms with E-state index in [1.54, 1.807) is 0 Å². The van der Waals surface area contributed by atoms with Crippen LogP contribution in [-0.4, -0.2) is 59.5 Å². The Balaban J connectivity index is 1.79. The van der Waals surface area contributed by atoms with Crippen LogP contribution in [0.5, 0.6) is 0 Å². The van der Waals surface area contributed by atoms with Crippen molar-refractivity contribution in [3.63, 3.8) is 0 Å². The van der Waals surface area contributed by atoms with Gasteiger partial charge >= 0.3 is 6.09 Å². The second-order valence-electron chi connectivity index (χ2n) is 8.84. The van der Waals surface area contributed by atoms with Crippen LogP contribution in [0.3, 0.4) is 0 Å². The van der Waals surface area contributed by atoms with Crippen LogP contribution in [-0.2, 0) is 9.47 Å². The molecule has 3 heterocycles. The standard InChI is InChI=1S/C20H32FN5O3/c1-12(14-6-8-22-9-7-14)24-18-23-10-15(21)17(25-18)26-16(11-28-19(26)27)13(2)29-20(3,4)5/h10,12-14,16,22H,6-9,11H2,1-5H3,(H,23,24,25)/t12-,13-,16?/m0/s1. The lowest BCUT2D eigenvalue weighted by Gasteiger charge is -2.32. The number of nitrogens with one attached hydrogen (secondary N) is 2. The summed E-state index contributed by atoms with van der Waals surface area (Å²) in [6.07, 6.45) is 2.22. The highest BCUT2D eigenvalue weighted by atomic mass is 19.1. The van der Waals surface area contributed by atoms with Gasteiger partial charge in [0.25, 0.3) is 0 Å². The minimum atomic E-state index is -0.670. The van der Waals surface area contributed by atoms with Gasteiger partial charge < -0.3 is 20.1 Å². The van der Waals surface area contributed by atoms with E-state index in [2.05, 4.69) is 27.5 Å². The van der Waals surface area contributed by atoms with Crippen LogP contribution >= 0.6 is 0 Å². The summed E-state index contributed by atoms with van der Waals surface area (Å²) < 4.78 is 25.8. The number of ether oxygens (including phenoxy) is 2. The summed E-state index contributed by atoms with van der Waals surface area (Å²) >= 11 is 0. The van der Waals surface area contributed by atoms with E-state index in [1.165, 1.54) is 4.90 Å². The predicted molar refractivity (Wildman–Crippen MR) is 109 cm³/mol. The highest BCUT2D eigenvalue weighted by Crippen LogP contribution is 2.29. The fraction of sp³-hybridized carbons (Fsp3) is 0.750. The van der Waals surface area contributed by atoms with E-state index in [4.69, 9.17) is 9.47 Å². The topological polar surface area (TPSA) is 88.6 Å². The SMILES string of the molecule is C[C@H](Nc1ncc(F)c(N2C(=O)OCC2[C@H](C)OC(C)(C)C)n1)C1CCNCC1. The number of piperidine rings is 1. The summed E-state index contributed by atoms with van der Waals surface area (Å²) in [4.78, 5) is 22.0. The van der Waals surface area contributed by atoms with Gasteiger partial charge in [-0.25, -0.2) is 19.1 Å². The average Bonchev–Trinajstić information content (AvgIpc) is 3.04. The zero-order valence-corrected chi connectivity index (χ0v) is 17.9. The third-order valence-corrected chi connectivity index (χ3v) is 5.39. The van der Waals surface area contributed by atoms with Crippen LogP contribution in [0.2, 0.25) is 0 Å². The van der Waals surface area contributed by atoms with E-state index >= 15 is 0 Å². The highest BCUT2D eigenvalue weighted by molar-refractivity contribution is 5.89. The van der Waals surface area contributed by atoms with Gasteiger partial charge in [-0.05, 0) is 66.5 Å². The van der Waals surface area contributed by atoms with Crippen LogP contribution in [0.1, 0.15) is 47.5 Å². The number of hydrogen-bond donors (Lipinski definition) is 2. The molecule has 162 valence electrons. The summed E-state index contributed by atoms with van der Waals surface area (Å²) in [5.74, 6) is 0.0297. The molecule has 2 aliphatic rings. The Morgan fingerprint density at radius 3 is 2.69 bits per heavy atom. The number of nitrogens with zero attached hydrogens (tertiary/aromatic N) is 3. The molecule has 0 spiro atoms. The van der Waals surface area contributed by atoms with E-state index in [1.807, 2.05) is 27.7 Å². The molecule has 1 aromatic heterocycles. The van der Waals surface area contributed by atoms with E-state index in [-0.39, 0.29) is 24.6 Å². The first-order valence-corrected chi connectivity index (χ1v) is 10.3. The summed E-state index contributed by atoms with van der Waals surface area (Å²) in [6.45, 7) is 11.8. The van der Waals surface area contributed by atoms with Gasteiger partial charge in [-0.15, -0.1) is 0 Å². The molecule has 0 saturated carbocycles. The van der Waals surface area contributed by atoms with Crippen molar-refractivity contribution in [3.8, 4) is 0 Å². The number of amides is 1. The Bertz CT molecular complexity index is 721. The molecule has 3 rings (SSSR count). The van der Waals surface area contributed by atoms with E-state index < -0.39 is 23.6 Å². The van der Waals surface area contributed by atoms with Crippen LogP contribution in [0, 0.1) is 11.7 Å². The minimum absolute atomic E-state index is 0.0862. The molecule has 8 nitrogen and oxygen atoms in total. The predicted octanol–water partition coefficient (Wildman–Crippen LogP) is 2.94. The lowest BCUT2D eigenvalue weighted by molar-refractivity contribution is -0.0618. The first-order chi connectivity index (χ1) is 13.7. The summed E-state index contributed by atoms with van der Waals surface area (Å²) in [7, 11) is 0. The van der Waals surface area contributed by atoms with Crippen molar-refractivity contribution >= 4 is 17.9 Å². The van der Waals surface area contributed by atoms with Gasteiger partial charge in [0.1, 0.15) is 12.6 Å². The highest BCUT2D eigenvalue weighted by Gasteiger charge is 2.42. The van der Waals surface area contributed by atoms with Gasteiger partial charge in [0.2, 0.25) is 5.95 Å². The van der Waals surface area contributed by atoms with Gasteiger partial charge in [-0.1, -0.05) is 0 Å². The molecule has 1 unspecified atom stereocenters. The number of rotatable bonds is 6. The van der Waals surface area contributed by atoms with Crippen molar-refractivity contribution in [1.82, 2.24) is 15.3 Å². The molecular weight excluding hydrogens is 377 g/mol. The van der Waals surface area contributed by atoms with Gasteiger partial charge in [-0.3, -0.25) is 0 Å². The van der Waals surface area contributed by atoms with E-state index in [0.29, 0.717) is 11.9 Å². The molecule has 29 heavy (non-hydrogen) atoms. The van der Waals surface area contributed by atoms with Crippen molar-refractivity contribution in [1.29, 1.82) is 0 Å². The van der Waals surface area contributed by atoms with E-state index in [0.717, 1.165) is 32.1 Å². The third kappa shape index (κ3) is 5.33. The Hall–Kier alpha value is -2.00. The van der Waals surface area contributed by atoms with E-state index in [9.17, 15) is 9.18 Å². The van der Waals surface area contributed by atoms with Gasteiger partial charge in [0.05, 0.1) is 17.9 Å². The molecule has 0 bridgehead atoms. The Morgan fingerprint density at radius 1 is 1.34 bits per heavy atom. The number of hydrogen-bond acceptors (Lipinski definition) is 7. The number of anilines is 2. The van der Waals surface area contributed by atoms with Crippen LogP contribution in [0.25, 0.3) is 0 Å². The van der Waals surface area contributed by atoms with Crippen molar-refractivity contribution in [3.05, 3.63) is 12.0 Å². The van der Waals surface area contributed by atoms with Crippen LogP contribution in [0.15, 0.2) is 6.20 Å². The quantitative estimate of drug-likeness (QED) is 0.747. The molecule has 0 aromatic carbocycles. The maximum atomic E-state index is 14.6. The zero-order valence-electron chi connectivity index (χ0n) is 17.9. The first-order valence-electron chi connectivity index (χ1n) is 10.3. The molecule has 1 amide bonds. The van der Waals surface area contributed by atoms with Crippen LogP contribution < -0.4 is 15.5 Å². The minimum Gasteiger partial charge on any atom is -0.447 e. The Labute approximate surface area is 171 Å². The van der Waals surface area contributed by atoms with Gasteiger partial charge in [0.15, 0.2) is 11.6 Å². The first kappa shape index (κ1) is 21.7. The van der Waals surface area contributed by atoms with Crippen molar-refractivity contribution < 1.29 is 18.7 Å². The van der Waals surface area contributed by atoms with Crippen molar-refractivity contribution in [2.75, 3.05) is 29.9 Å². The molecule has 3 atom stereocenters. The molecule has 2 N–H and O–H groups in total. The molecule has 2 aliphatic heterocycles. The fourth-order valence-electron chi connectivity index (χ4n) is 3.92. The lowest BCUT2D eigenvalue weighted by Crippen LogP contribution is -2.45. The summed E-state index contributed by atoms with van der Waals surface area (Å²) in [6, 6.07) is -0.333. The molecule has 0 aliphatic carbocycles.